The van der Waals surface area contributed by atoms with E-state index in [1.54, 1.807) is 13.3 Å². The predicted octanol–water partition coefficient (Wildman–Crippen LogP) is 3.21. The van der Waals surface area contributed by atoms with E-state index in [1.165, 1.54) is 5.56 Å². The average Bonchev–Trinajstić information content (AvgIpc) is 2.47. The Hall–Kier alpha value is -1.87. The van der Waals surface area contributed by atoms with Gasteiger partial charge in [0.25, 0.3) is 0 Å². The molecule has 0 aliphatic carbocycles. The van der Waals surface area contributed by atoms with Crippen LogP contribution >= 0.6 is 0 Å². The van der Waals surface area contributed by atoms with Crippen LogP contribution in [0.3, 0.4) is 0 Å². The summed E-state index contributed by atoms with van der Waals surface area (Å²) >= 11 is 0. The van der Waals surface area contributed by atoms with Crippen molar-refractivity contribution in [2.75, 3.05) is 13.7 Å². The Morgan fingerprint density at radius 3 is 2.79 bits per heavy atom. The third kappa shape index (κ3) is 3.12. The summed E-state index contributed by atoms with van der Waals surface area (Å²) in [6.45, 7) is 2.90. The number of aromatic nitrogens is 1. The number of methoxy groups -OCH3 is 1. The van der Waals surface area contributed by atoms with Crippen LogP contribution < -0.4 is 10.5 Å². The molecule has 0 amide bonds. The van der Waals surface area contributed by atoms with Crippen molar-refractivity contribution < 1.29 is 4.74 Å². The molecule has 1 heterocycles. The highest BCUT2D eigenvalue weighted by molar-refractivity contribution is 5.70. The second-order valence-corrected chi connectivity index (χ2v) is 4.68. The van der Waals surface area contributed by atoms with E-state index in [4.69, 9.17) is 10.5 Å². The Balaban J connectivity index is 2.43. The van der Waals surface area contributed by atoms with Gasteiger partial charge < -0.3 is 10.5 Å². The first-order valence-electron chi connectivity index (χ1n) is 6.54. The highest BCUT2D eigenvalue weighted by atomic mass is 16.5. The SMILES string of the molecule is COc1ccc(C(C)CCN)cc1-c1cccnc1. The molecule has 0 aliphatic heterocycles. The zero-order valence-corrected chi connectivity index (χ0v) is 11.5. The summed E-state index contributed by atoms with van der Waals surface area (Å²) in [6.07, 6.45) is 4.62. The molecule has 0 bridgehead atoms. The molecule has 2 aromatic rings. The second-order valence-electron chi connectivity index (χ2n) is 4.68. The van der Waals surface area contributed by atoms with Crippen molar-refractivity contribution in [2.45, 2.75) is 19.3 Å². The Kier molecular flexibility index (Phi) is 4.53. The van der Waals surface area contributed by atoms with Crippen molar-refractivity contribution in [1.29, 1.82) is 0 Å². The first-order valence-corrected chi connectivity index (χ1v) is 6.54. The van der Waals surface area contributed by atoms with Crippen molar-refractivity contribution in [2.24, 2.45) is 5.73 Å². The smallest absolute Gasteiger partial charge is 0.126 e. The minimum Gasteiger partial charge on any atom is -0.496 e. The van der Waals surface area contributed by atoms with E-state index in [-0.39, 0.29) is 0 Å². The molecule has 0 spiro atoms. The van der Waals surface area contributed by atoms with Gasteiger partial charge in [-0.15, -0.1) is 0 Å². The van der Waals surface area contributed by atoms with Crippen LogP contribution in [0.1, 0.15) is 24.8 Å². The number of ether oxygens (including phenoxy) is 1. The molecule has 1 atom stereocenters. The summed E-state index contributed by atoms with van der Waals surface area (Å²) in [6, 6.07) is 10.3. The van der Waals surface area contributed by atoms with Crippen molar-refractivity contribution >= 4 is 0 Å². The molecule has 0 aliphatic rings. The van der Waals surface area contributed by atoms with E-state index in [1.807, 2.05) is 24.4 Å². The Morgan fingerprint density at radius 2 is 2.16 bits per heavy atom. The Labute approximate surface area is 114 Å². The van der Waals surface area contributed by atoms with E-state index in [9.17, 15) is 0 Å². The fraction of sp³-hybridized carbons (Fsp3) is 0.312. The maximum Gasteiger partial charge on any atom is 0.126 e. The molecule has 100 valence electrons. The van der Waals surface area contributed by atoms with Crippen LogP contribution in [-0.4, -0.2) is 18.6 Å². The Morgan fingerprint density at radius 1 is 1.32 bits per heavy atom. The number of rotatable bonds is 5. The van der Waals surface area contributed by atoms with Gasteiger partial charge in [0.05, 0.1) is 7.11 Å². The number of nitrogens with two attached hydrogens (primary N) is 1. The second kappa shape index (κ2) is 6.34. The minimum atomic E-state index is 0.450. The topological polar surface area (TPSA) is 48.1 Å². The molecule has 1 aromatic heterocycles. The van der Waals surface area contributed by atoms with Gasteiger partial charge >= 0.3 is 0 Å². The summed E-state index contributed by atoms with van der Waals surface area (Å²) in [5, 5.41) is 0. The molecule has 19 heavy (non-hydrogen) atoms. The molecule has 1 unspecified atom stereocenters. The van der Waals surface area contributed by atoms with Gasteiger partial charge in [0.1, 0.15) is 5.75 Å². The molecule has 2 N–H and O–H groups in total. The van der Waals surface area contributed by atoms with Crippen LogP contribution in [0.5, 0.6) is 5.75 Å². The fourth-order valence-electron chi connectivity index (χ4n) is 2.20. The summed E-state index contributed by atoms with van der Waals surface area (Å²) in [7, 11) is 1.69. The zero-order valence-electron chi connectivity index (χ0n) is 11.5. The van der Waals surface area contributed by atoms with Crippen molar-refractivity contribution in [3.63, 3.8) is 0 Å². The van der Waals surface area contributed by atoms with E-state index in [2.05, 4.69) is 24.0 Å². The van der Waals surface area contributed by atoms with Gasteiger partial charge in [0.15, 0.2) is 0 Å². The quantitative estimate of drug-likeness (QED) is 0.893. The molecule has 2 rings (SSSR count). The number of hydrogen-bond acceptors (Lipinski definition) is 3. The number of pyridine rings is 1. The predicted molar refractivity (Wildman–Crippen MR) is 78.3 cm³/mol. The standard InChI is InChI=1S/C16H20N2O/c1-12(7-8-17)13-5-6-16(19-2)15(10-13)14-4-3-9-18-11-14/h3-6,9-12H,7-8,17H2,1-2H3. The van der Waals surface area contributed by atoms with Crippen molar-refractivity contribution in [3.8, 4) is 16.9 Å². The van der Waals surface area contributed by atoms with Crippen molar-refractivity contribution in [1.82, 2.24) is 4.98 Å². The maximum absolute atomic E-state index is 5.64. The lowest BCUT2D eigenvalue weighted by Crippen LogP contribution is -2.04. The molecule has 0 saturated carbocycles. The molecule has 0 saturated heterocycles. The summed E-state index contributed by atoms with van der Waals surface area (Å²) in [5.41, 5.74) is 9.07. The molecule has 0 fully saturated rings. The molecule has 1 aromatic carbocycles. The average molecular weight is 256 g/mol. The van der Waals surface area contributed by atoms with E-state index < -0.39 is 0 Å². The van der Waals surface area contributed by atoms with Crippen molar-refractivity contribution in [3.05, 3.63) is 48.3 Å². The van der Waals surface area contributed by atoms with E-state index in [0.29, 0.717) is 12.5 Å². The molecule has 3 heteroatoms. The molecule has 0 radical (unpaired) electrons. The van der Waals surface area contributed by atoms with Gasteiger partial charge in [-0.1, -0.05) is 19.1 Å². The number of hydrogen-bond donors (Lipinski definition) is 1. The lowest BCUT2D eigenvalue weighted by atomic mass is 9.94. The lowest BCUT2D eigenvalue weighted by Gasteiger charge is -2.15. The molecular weight excluding hydrogens is 236 g/mol. The van der Waals surface area contributed by atoms with Crippen LogP contribution in [0.4, 0.5) is 0 Å². The number of nitrogens with zero attached hydrogens (tertiary/aromatic N) is 1. The summed E-state index contributed by atoms with van der Waals surface area (Å²) < 4.78 is 5.44. The molecule has 3 nitrogen and oxygen atoms in total. The zero-order chi connectivity index (χ0) is 13.7. The van der Waals surface area contributed by atoms with Gasteiger partial charge in [-0.2, -0.15) is 0 Å². The lowest BCUT2D eigenvalue weighted by molar-refractivity contribution is 0.416. The van der Waals surface area contributed by atoms with Crippen LogP contribution in [0.15, 0.2) is 42.7 Å². The van der Waals surface area contributed by atoms with Crippen LogP contribution in [0, 0.1) is 0 Å². The first kappa shape index (κ1) is 13.6. The van der Waals surface area contributed by atoms with Crippen LogP contribution in [0.25, 0.3) is 11.1 Å². The monoisotopic (exact) mass is 256 g/mol. The highest BCUT2D eigenvalue weighted by Crippen LogP contribution is 2.33. The summed E-state index contributed by atoms with van der Waals surface area (Å²) in [4.78, 5) is 4.17. The third-order valence-electron chi connectivity index (χ3n) is 3.36. The van der Waals surface area contributed by atoms with Gasteiger partial charge in [-0.25, -0.2) is 0 Å². The van der Waals surface area contributed by atoms with Crippen LogP contribution in [0.2, 0.25) is 0 Å². The summed E-state index contributed by atoms with van der Waals surface area (Å²) in [5.74, 6) is 1.32. The Bertz CT molecular complexity index is 526. The number of benzene rings is 1. The van der Waals surface area contributed by atoms with Gasteiger partial charge in [0.2, 0.25) is 0 Å². The van der Waals surface area contributed by atoms with E-state index in [0.717, 1.165) is 23.3 Å². The van der Waals surface area contributed by atoms with Gasteiger partial charge in [-0.05, 0) is 42.6 Å². The van der Waals surface area contributed by atoms with Crippen LogP contribution in [-0.2, 0) is 0 Å². The largest absolute Gasteiger partial charge is 0.496 e. The third-order valence-corrected chi connectivity index (χ3v) is 3.36. The first-order chi connectivity index (χ1) is 9.26. The fourth-order valence-corrected chi connectivity index (χ4v) is 2.20. The normalized spacial score (nSPS) is 12.2. The van der Waals surface area contributed by atoms with Gasteiger partial charge in [0, 0.05) is 23.5 Å². The highest BCUT2D eigenvalue weighted by Gasteiger charge is 2.10. The minimum absolute atomic E-state index is 0.450. The molecular formula is C16H20N2O. The van der Waals surface area contributed by atoms with E-state index >= 15 is 0 Å². The van der Waals surface area contributed by atoms with Gasteiger partial charge in [-0.3, -0.25) is 4.98 Å². The maximum atomic E-state index is 5.64.